The summed E-state index contributed by atoms with van der Waals surface area (Å²) in [6, 6.07) is 8.37. The lowest BCUT2D eigenvalue weighted by Crippen LogP contribution is -2.49. The molecule has 4 rings (SSSR count). The third-order valence-electron chi connectivity index (χ3n) is 4.42. The highest BCUT2D eigenvalue weighted by atomic mass is 35.5. The van der Waals surface area contributed by atoms with Gasteiger partial charge in [0.05, 0.1) is 5.02 Å². The molecule has 0 N–H and O–H groups in total. The van der Waals surface area contributed by atoms with Gasteiger partial charge in [-0.05, 0) is 12.1 Å². The highest BCUT2D eigenvalue weighted by Crippen LogP contribution is 2.26. The Morgan fingerprint density at radius 2 is 1.74 bits per heavy atom. The summed E-state index contributed by atoms with van der Waals surface area (Å²) in [6.45, 7) is 1.78. The van der Waals surface area contributed by atoms with E-state index in [4.69, 9.17) is 11.6 Å². The van der Waals surface area contributed by atoms with Crippen LogP contribution in [0.4, 0.5) is 5.82 Å². The SMILES string of the molecule is O=S(=O)(c1ccccc1Cl)N1CCN(c2cc(-n3ccnc3)ncn2)CC1. The molecule has 0 saturated carbocycles. The molecule has 8 nitrogen and oxygen atoms in total. The van der Waals surface area contributed by atoms with Crippen LogP contribution in [0.1, 0.15) is 0 Å². The lowest BCUT2D eigenvalue weighted by atomic mass is 10.3. The second kappa shape index (κ2) is 7.26. The predicted molar refractivity (Wildman–Crippen MR) is 102 cm³/mol. The fraction of sp³-hybridized carbons (Fsp3) is 0.235. The second-order valence-electron chi connectivity index (χ2n) is 6.03. The van der Waals surface area contributed by atoms with Gasteiger partial charge in [-0.3, -0.25) is 4.57 Å². The Bertz CT molecular complexity index is 1030. The largest absolute Gasteiger partial charge is 0.354 e. The van der Waals surface area contributed by atoms with E-state index in [0.29, 0.717) is 32.0 Å². The van der Waals surface area contributed by atoms with Gasteiger partial charge in [-0.2, -0.15) is 4.31 Å². The van der Waals surface area contributed by atoms with Gasteiger partial charge in [0.2, 0.25) is 10.0 Å². The fourth-order valence-electron chi connectivity index (χ4n) is 3.00. The maximum Gasteiger partial charge on any atom is 0.244 e. The lowest BCUT2D eigenvalue weighted by molar-refractivity contribution is 0.384. The van der Waals surface area contributed by atoms with Crippen molar-refractivity contribution in [2.24, 2.45) is 0 Å². The van der Waals surface area contributed by atoms with E-state index >= 15 is 0 Å². The first kappa shape index (κ1) is 17.9. The summed E-state index contributed by atoms with van der Waals surface area (Å²) in [5, 5.41) is 0.237. The summed E-state index contributed by atoms with van der Waals surface area (Å²) in [6.07, 6.45) is 6.65. The van der Waals surface area contributed by atoms with Crippen molar-refractivity contribution >= 4 is 27.4 Å². The van der Waals surface area contributed by atoms with Gasteiger partial charge in [0.15, 0.2) is 0 Å². The zero-order valence-electron chi connectivity index (χ0n) is 14.3. The first-order valence-electron chi connectivity index (χ1n) is 8.36. The molecule has 3 aromatic rings. The van der Waals surface area contributed by atoms with Crippen molar-refractivity contribution in [1.29, 1.82) is 0 Å². The molecule has 0 bridgehead atoms. The van der Waals surface area contributed by atoms with Gasteiger partial charge in [0.25, 0.3) is 0 Å². The Kier molecular flexibility index (Phi) is 4.81. The molecule has 140 valence electrons. The van der Waals surface area contributed by atoms with Gasteiger partial charge >= 0.3 is 0 Å². The average molecular weight is 405 g/mol. The third kappa shape index (κ3) is 3.53. The summed E-state index contributed by atoms with van der Waals surface area (Å²) in [5.41, 5.74) is 0. The van der Waals surface area contributed by atoms with Crippen LogP contribution in [0.5, 0.6) is 0 Å². The normalized spacial score (nSPS) is 15.8. The number of piperazine rings is 1. The zero-order chi connectivity index (χ0) is 18.9. The lowest BCUT2D eigenvalue weighted by Gasteiger charge is -2.34. The summed E-state index contributed by atoms with van der Waals surface area (Å²) in [7, 11) is -3.61. The van der Waals surface area contributed by atoms with Gasteiger partial charge < -0.3 is 4.90 Å². The first-order valence-corrected chi connectivity index (χ1v) is 10.2. The highest BCUT2D eigenvalue weighted by Gasteiger charge is 2.30. The minimum Gasteiger partial charge on any atom is -0.354 e. The Morgan fingerprint density at radius 1 is 1.00 bits per heavy atom. The molecule has 0 atom stereocenters. The molecule has 0 radical (unpaired) electrons. The van der Waals surface area contributed by atoms with Gasteiger partial charge in [0, 0.05) is 44.6 Å². The minimum absolute atomic E-state index is 0.143. The third-order valence-corrected chi connectivity index (χ3v) is 6.82. The molecule has 10 heteroatoms. The van der Waals surface area contributed by atoms with Crippen LogP contribution in [0.15, 0.2) is 60.3 Å². The van der Waals surface area contributed by atoms with Gasteiger partial charge in [-0.25, -0.2) is 23.4 Å². The number of aromatic nitrogens is 4. The topological polar surface area (TPSA) is 84.2 Å². The van der Waals surface area contributed by atoms with E-state index in [9.17, 15) is 8.42 Å². The van der Waals surface area contributed by atoms with Crippen LogP contribution >= 0.6 is 11.6 Å². The minimum atomic E-state index is -3.61. The Balaban J connectivity index is 1.50. The van der Waals surface area contributed by atoms with Crippen LogP contribution in [0.25, 0.3) is 5.82 Å². The Hall–Kier alpha value is -2.49. The van der Waals surface area contributed by atoms with Crippen molar-refractivity contribution in [1.82, 2.24) is 23.8 Å². The number of hydrogen-bond acceptors (Lipinski definition) is 6. The molecule has 3 heterocycles. The van der Waals surface area contributed by atoms with E-state index in [1.54, 1.807) is 41.5 Å². The van der Waals surface area contributed by atoms with Crippen molar-refractivity contribution in [3.63, 3.8) is 0 Å². The zero-order valence-corrected chi connectivity index (χ0v) is 15.9. The summed E-state index contributed by atoms with van der Waals surface area (Å²) >= 11 is 6.08. The molecule has 0 amide bonds. The number of benzene rings is 1. The number of imidazole rings is 1. The van der Waals surface area contributed by atoms with Crippen molar-refractivity contribution in [3.8, 4) is 5.82 Å². The first-order chi connectivity index (χ1) is 13.1. The molecule has 1 aliphatic rings. The molecule has 0 aliphatic carbocycles. The number of anilines is 1. The second-order valence-corrected chi connectivity index (χ2v) is 8.34. The van der Waals surface area contributed by atoms with Gasteiger partial charge in [-0.1, -0.05) is 23.7 Å². The molecular weight excluding hydrogens is 388 g/mol. The van der Waals surface area contributed by atoms with Crippen molar-refractivity contribution in [3.05, 3.63) is 60.4 Å². The number of sulfonamides is 1. The number of nitrogens with zero attached hydrogens (tertiary/aromatic N) is 6. The van der Waals surface area contributed by atoms with Crippen LogP contribution in [0.2, 0.25) is 5.02 Å². The van der Waals surface area contributed by atoms with Crippen molar-refractivity contribution in [2.45, 2.75) is 4.90 Å². The van der Waals surface area contributed by atoms with E-state index in [2.05, 4.69) is 15.0 Å². The maximum atomic E-state index is 12.8. The number of halogens is 1. The molecule has 0 spiro atoms. The molecule has 2 aromatic heterocycles. The van der Waals surface area contributed by atoms with Crippen LogP contribution in [-0.4, -0.2) is 58.4 Å². The highest BCUT2D eigenvalue weighted by molar-refractivity contribution is 7.89. The molecule has 1 aliphatic heterocycles. The van der Waals surface area contributed by atoms with Crippen molar-refractivity contribution < 1.29 is 8.42 Å². The Labute approximate surface area is 162 Å². The maximum absolute atomic E-state index is 12.8. The van der Waals surface area contributed by atoms with Crippen LogP contribution in [0, 0.1) is 0 Å². The van der Waals surface area contributed by atoms with Crippen LogP contribution < -0.4 is 4.90 Å². The molecule has 0 unspecified atom stereocenters. The van der Waals surface area contributed by atoms with E-state index in [-0.39, 0.29) is 9.92 Å². The summed E-state index contributed by atoms with van der Waals surface area (Å²) < 4.78 is 29.0. The summed E-state index contributed by atoms with van der Waals surface area (Å²) in [5.74, 6) is 1.46. The van der Waals surface area contributed by atoms with Crippen molar-refractivity contribution in [2.75, 3.05) is 31.1 Å². The number of rotatable bonds is 4. The molecule has 1 aromatic carbocycles. The monoisotopic (exact) mass is 404 g/mol. The molecule has 1 fully saturated rings. The summed E-state index contributed by atoms with van der Waals surface area (Å²) in [4.78, 5) is 14.8. The van der Waals surface area contributed by atoms with E-state index < -0.39 is 10.0 Å². The molecule has 27 heavy (non-hydrogen) atoms. The van der Waals surface area contributed by atoms with Gasteiger partial charge in [0.1, 0.15) is 29.2 Å². The quantitative estimate of drug-likeness (QED) is 0.659. The fourth-order valence-corrected chi connectivity index (χ4v) is 4.91. The molecule has 1 saturated heterocycles. The van der Waals surface area contributed by atoms with Gasteiger partial charge in [-0.15, -0.1) is 0 Å². The van der Waals surface area contributed by atoms with E-state index in [0.717, 1.165) is 5.82 Å². The van der Waals surface area contributed by atoms with E-state index in [1.807, 2.05) is 11.0 Å². The number of hydrogen-bond donors (Lipinski definition) is 0. The van der Waals surface area contributed by atoms with Crippen LogP contribution in [0.3, 0.4) is 0 Å². The predicted octanol–water partition coefficient (Wildman–Crippen LogP) is 1.83. The smallest absolute Gasteiger partial charge is 0.244 e. The van der Waals surface area contributed by atoms with Crippen LogP contribution in [-0.2, 0) is 10.0 Å². The average Bonchev–Trinajstić information content (AvgIpc) is 3.23. The Morgan fingerprint density at radius 3 is 2.44 bits per heavy atom. The molecular formula is C17H17ClN6O2S. The van der Waals surface area contributed by atoms with E-state index in [1.165, 1.54) is 16.7 Å². The standard InChI is InChI=1S/C17H17ClN6O2S/c18-14-3-1-2-4-15(14)27(25,26)24-9-7-22(8-10-24)16-11-17(21-12-20-16)23-6-5-19-13-23/h1-6,11-13H,7-10H2.